The molecule has 0 atom stereocenters. The minimum absolute atomic E-state index is 0.382. The SMILES string of the molecule is Cc1nc(C(F)(F)F)c(C(C#N)=C2C(=C(C#N)c3c(C)nc(C(F)(F)F)nc3C(F)(F)F)C2=C(C#N)c2c(F)c(F)c(C#N)c(F)c2F)c(C(F)(F)F)n1. The van der Waals surface area contributed by atoms with Gasteiger partial charge in [-0.05, 0) is 13.8 Å². The van der Waals surface area contributed by atoms with Crippen LogP contribution in [0.1, 0.15) is 56.7 Å². The summed E-state index contributed by atoms with van der Waals surface area (Å²) in [5.74, 6) is -14.1. The van der Waals surface area contributed by atoms with Gasteiger partial charge in [0.2, 0.25) is 5.82 Å². The van der Waals surface area contributed by atoms with Crippen LogP contribution in [0, 0.1) is 82.4 Å². The lowest BCUT2D eigenvalue weighted by Crippen LogP contribution is -2.21. The Morgan fingerprint density at radius 2 is 0.815 bits per heavy atom. The first-order valence-corrected chi connectivity index (χ1v) is 13.5. The van der Waals surface area contributed by atoms with E-state index in [1.807, 2.05) is 0 Å². The topological polar surface area (TPSA) is 147 Å². The number of nitrogens with zero attached hydrogens (tertiary/aromatic N) is 8. The van der Waals surface area contributed by atoms with Gasteiger partial charge < -0.3 is 0 Å². The average Bonchev–Trinajstić information content (AvgIpc) is 3.75. The van der Waals surface area contributed by atoms with Crippen LogP contribution < -0.4 is 0 Å². The zero-order chi connectivity index (χ0) is 41.2. The molecule has 0 N–H and O–H groups in total. The van der Waals surface area contributed by atoms with Crippen molar-refractivity contribution in [3.63, 3.8) is 0 Å². The van der Waals surface area contributed by atoms with Gasteiger partial charge in [0.15, 0.2) is 40.4 Å². The van der Waals surface area contributed by atoms with Gasteiger partial charge in [0.1, 0.15) is 35.7 Å². The number of hydrogen-bond acceptors (Lipinski definition) is 8. The van der Waals surface area contributed by atoms with Crippen molar-refractivity contribution < 1.29 is 70.2 Å². The molecule has 0 aliphatic heterocycles. The fourth-order valence-corrected chi connectivity index (χ4v) is 5.02. The molecule has 1 aromatic carbocycles. The van der Waals surface area contributed by atoms with E-state index in [9.17, 15) is 77.3 Å². The van der Waals surface area contributed by atoms with Crippen molar-refractivity contribution in [1.82, 2.24) is 19.9 Å². The Morgan fingerprint density at radius 3 is 1.15 bits per heavy atom. The van der Waals surface area contributed by atoms with Gasteiger partial charge in [0.25, 0.3) is 0 Å². The van der Waals surface area contributed by atoms with E-state index in [1.165, 1.54) is 0 Å². The van der Waals surface area contributed by atoms with E-state index in [-0.39, 0.29) is 0 Å². The van der Waals surface area contributed by atoms with Crippen LogP contribution in [0.15, 0.2) is 16.7 Å². The summed E-state index contributed by atoms with van der Waals surface area (Å²) in [6.45, 7) is 0.904. The lowest BCUT2D eigenvalue weighted by molar-refractivity contribution is -0.153. The number of rotatable bonds is 3. The van der Waals surface area contributed by atoms with Gasteiger partial charge in [-0.3, -0.25) is 0 Å². The van der Waals surface area contributed by atoms with Crippen LogP contribution in [0.2, 0.25) is 0 Å². The molecule has 1 saturated carbocycles. The van der Waals surface area contributed by atoms with E-state index in [0.717, 1.165) is 18.2 Å². The third kappa shape index (κ3) is 6.73. The van der Waals surface area contributed by atoms with Gasteiger partial charge >= 0.3 is 24.7 Å². The summed E-state index contributed by atoms with van der Waals surface area (Å²) in [5.41, 5.74) is -28.1. The van der Waals surface area contributed by atoms with Crippen molar-refractivity contribution in [2.24, 2.45) is 0 Å². The Morgan fingerprint density at radius 1 is 0.463 bits per heavy atom. The molecule has 0 saturated heterocycles. The number of aryl methyl sites for hydroxylation is 2. The van der Waals surface area contributed by atoms with Gasteiger partial charge in [-0.2, -0.15) is 73.7 Å². The Labute approximate surface area is 287 Å². The van der Waals surface area contributed by atoms with Crippen LogP contribution >= 0.6 is 0 Å². The first-order valence-electron chi connectivity index (χ1n) is 13.5. The quantitative estimate of drug-likeness (QED) is 0.146. The largest absolute Gasteiger partial charge is 0.451 e. The minimum atomic E-state index is -6.00. The van der Waals surface area contributed by atoms with Crippen molar-refractivity contribution in [2.75, 3.05) is 0 Å². The Hall–Kier alpha value is -6.56. The number of halogens is 16. The molecular formula is C30H6F16N8. The molecule has 0 spiro atoms. The Balaban J connectivity index is 2.44. The molecule has 2 aromatic heterocycles. The predicted octanol–water partition coefficient (Wildman–Crippen LogP) is 8.63. The van der Waals surface area contributed by atoms with Crippen LogP contribution in [-0.2, 0) is 24.7 Å². The molecule has 2 heterocycles. The van der Waals surface area contributed by atoms with Crippen molar-refractivity contribution in [3.8, 4) is 24.3 Å². The van der Waals surface area contributed by atoms with Crippen molar-refractivity contribution in [2.45, 2.75) is 38.6 Å². The molecule has 54 heavy (non-hydrogen) atoms. The van der Waals surface area contributed by atoms with E-state index < -0.39 is 138 Å². The molecule has 0 unspecified atom stereocenters. The summed E-state index contributed by atoms with van der Waals surface area (Å²) >= 11 is 0. The fraction of sp³-hybridized carbons (Fsp3) is 0.200. The Bertz CT molecular complexity index is 2370. The average molecular weight is 782 g/mol. The summed E-state index contributed by atoms with van der Waals surface area (Å²) < 4.78 is 228. The highest BCUT2D eigenvalue weighted by Crippen LogP contribution is 2.58. The number of benzene rings is 1. The van der Waals surface area contributed by atoms with E-state index >= 15 is 8.78 Å². The second-order valence-corrected chi connectivity index (χ2v) is 10.4. The third-order valence-corrected chi connectivity index (χ3v) is 7.07. The lowest BCUT2D eigenvalue weighted by Gasteiger charge is -2.17. The standard InChI is InChI=1S/C30H6F16N8/c1-7-13(23(27(35,36)37)54-26(51-7)30(44,45)46)9(3-47)14-15(10(4-48)17-21(33)19(31)12(6-50)20(32)22(17)34)16(14)11(5-49)18-24(28(38,39)40)52-8(2)53-25(18)29(41,42)43/h1-2H3. The van der Waals surface area contributed by atoms with Gasteiger partial charge in [0, 0.05) is 22.3 Å². The predicted molar refractivity (Wildman–Crippen MR) is 142 cm³/mol. The normalized spacial score (nSPS) is 16.2. The van der Waals surface area contributed by atoms with E-state index in [0.29, 0.717) is 19.9 Å². The van der Waals surface area contributed by atoms with Crippen molar-refractivity contribution in [1.29, 1.82) is 21.0 Å². The Kier molecular flexibility index (Phi) is 9.78. The molecule has 0 amide bonds. The fourth-order valence-electron chi connectivity index (χ4n) is 5.02. The first kappa shape index (κ1) is 40.2. The van der Waals surface area contributed by atoms with Crippen LogP contribution in [-0.4, -0.2) is 19.9 Å². The number of nitriles is 4. The maximum Gasteiger partial charge on any atom is 0.451 e. The summed E-state index contributed by atoms with van der Waals surface area (Å²) in [7, 11) is 0. The van der Waals surface area contributed by atoms with Crippen LogP contribution in [0.25, 0.3) is 16.7 Å². The van der Waals surface area contributed by atoms with E-state index in [1.54, 1.807) is 0 Å². The summed E-state index contributed by atoms with van der Waals surface area (Å²) in [5, 5.41) is 38.9. The van der Waals surface area contributed by atoms with Crippen LogP contribution in [0.4, 0.5) is 70.2 Å². The van der Waals surface area contributed by atoms with Gasteiger partial charge in [0.05, 0.1) is 33.5 Å². The van der Waals surface area contributed by atoms with Gasteiger partial charge in [-0.15, -0.1) is 0 Å². The smallest absolute Gasteiger partial charge is 0.229 e. The van der Waals surface area contributed by atoms with Gasteiger partial charge in [-0.1, -0.05) is 0 Å². The third-order valence-electron chi connectivity index (χ3n) is 7.07. The molecule has 8 nitrogen and oxygen atoms in total. The zero-order valence-electron chi connectivity index (χ0n) is 25.6. The first-order chi connectivity index (χ1) is 24.7. The number of alkyl halides is 12. The molecule has 278 valence electrons. The van der Waals surface area contributed by atoms with Gasteiger partial charge in [-0.25, -0.2) is 37.5 Å². The maximum absolute atomic E-state index is 15.2. The molecule has 1 aliphatic rings. The molecule has 0 radical (unpaired) electrons. The van der Waals surface area contributed by atoms with Crippen LogP contribution in [0.3, 0.4) is 0 Å². The molecule has 4 rings (SSSR count). The number of hydrogen-bond donors (Lipinski definition) is 0. The highest BCUT2D eigenvalue weighted by atomic mass is 19.4. The zero-order valence-corrected chi connectivity index (χ0v) is 25.6. The number of allylic oxidation sites excluding steroid dienone is 6. The number of aromatic nitrogens is 4. The summed E-state index contributed by atoms with van der Waals surface area (Å²) in [6.07, 6.45) is -23.6. The minimum Gasteiger partial charge on any atom is -0.229 e. The van der Waals surface area contributed by atoms with E-state index in [2.05, 4.69) is 19.9 Å². The summed E-state index contributed by atoms with van der Waals surface area (Å²) in [6, 6.07) is 3.39. The van der Waals surface area contributed by atoms with Crippen molar-refractivity contribution in [3.05, 3.63) is 96.7 Å². The highest BCUT2D eigenvalue weighted by Gasteiger charge is 2.51. The molecule has 3 aromatic rings. The monoisotopic (exact) mass is 782 g/mol. The molecule has 0 bridgehead atoms. The molecule has 24 heteroatoms. The van der Waals surface area contributed by atoms with E-state index in [4.69, 9.17) is 5.26 Å². The maximum atomic E-state index is 15.2. The lowest BCUT2D eigenvalue weighted by atomic mass is 9.98. The second-order valence-electron chi connectivity index (χ2n) is 10.4. The molecule has 1 fully saturated rings. The van der Waals surface area contributed by atoms with Crippen molar-refractivity contribution >= 4 is 16.7 Å². The second kappa shape index (κ2) is 13.1. The molecular weight excluding hydrogens is 776 g/mol. The summed E-state index contributed by atoms with van der Waals surface area (Å²) in [4.78, 5) is 10.9. The molecule has 1 aliphatic carbocycles. The highest BCUT2D eigenvalue weighted by molar-refractivity contribution is 6.12. The van der Waals surface area contributed by atoms with Crippen LogP contribution in [0.5, 0.6) is 0 Å².